The first-order valence-corrected chi connectivity index (χ1v) is 8.86. The standard InChI is InChI=1S/C19H26N4O/c24-19(21-9-13-22-10-3-1-2-4-11-22)18-7-5-6-17(14-18)15-23-12-8-20-16-23/h5-8,12,14,16H,1-4,9-11,13,15H2,(H,21,24). The maximum absolute atomic E-state index is 12.4. The Kier molecular flexibility index (Phi) is 6.01. The maximum Gasteiger partial charge on any atom is 0.251 e. The molecule has 1 amide bonds. The Labute approximate surface area is 143 Å². The van der Waals surface area contributed by atoms with Crippen molar-refractivity contribution in [2.75, 3.05) is 26.2 Å². The Bertz CT molecular complexity index is 631. The van der Waals surface area contributed by atoms with E-state index in [1.807, 2.05) is 35.0 Å². The zero-order chi connectivity index (χ0) is 16.6. The lowest BCUT2D eigenvalue weighted by molar-refractivity contribution is 0.0948. The topological polar surface area (TPSA) is 50.2 Å². The maximum atomic E-state index is 12.4. The third-order valence-electron chi connectivity index (χ3n) is 4.53. The molecule has 3 rings (SSSR count). The Morgan fingerprint density at radius 2 is 2.00 bits per heavy atom. The third kappa shape index (κ3) is 4.93. The van der Waals surface area contributed by atoms with Crippen molar-refractivity contribution in [2.45, 2.75) is 32.2 Å². The molecule has 0 atom stereocenters. The second kappa shape index (κ2) is 8.64. The van der Waals surface area contributed by atoms with Crippen LogP contribution in [0.25, 0.3) is 0 Å². The third-order valence-corrected chi connectivity index (χ3v) is 4.53. The number of rotatable bonds is 6. The van der Waals surface area contributed by atoms with Gasteiger partial charge in [0, 0.05) is 37.6 Å². The van der Waals surface area contributed by atoms with Crippen LogP contribution in [0.15, 0.2) is 43.0 Å². The highest BCUT2D eigenvalue weighted by atomic mass is 16.1. The first kappa shape index (κ1) is 16.7. The van der Waals surface area contributed by atoms with Crippen LogP contribution < -0.4 is 5.32 Å². The number of imidazole rings is 1. The summed E-state index contributed by atoms with van der Waals surface area (Å²) in [5.41, 5.74) is 1.83. The van der Waals surface area contributed by atoms with E-state index in [1.54, 1.807) is 12.5 Å². The van der Waals surface area contributed by atoms with Crippen LogP contribution in [-0.4, -0.2) is 46.5 Å². The zero-order valence-electron chi connectivity index (χ0n) is 14.2. The summed E-state index contributed by atoms with van der Waals surface area (Å²) in [6, 6.07) is 7.81. The molecule has 0 spiro atoms. The Hall–Kier alpha value is -2.14. The SMILES string of the molecule is O=C(NCCN1CCCCCC1)c1cccc(Cn2ccnc2)c1. The smallest absolute Gasteiger partial charge is 0.251 e. The number of carbonyl (C=O) groups is 1. The van der Waals surface area contributed by atoms with Gasteiger partial charge in [0.25, 0.3) is 5.91 Å². The van der Waals surface area contributed by atoms with Crippen LogP contribution in [0.4, 0.5) is 0 Å². The lowest BCUT2D eigenvalue weighted by atomic mass is 10.1. The quantitative estimate of drug-likeness (QED) is 0.887. The molecule has 128 valence electrons. The summed E-state index contributed by atoms with van der Waals surface area (Å²) < 4.78 is 2.00. The van der Waals surface area contributed by atoms with E-state index in [4.69, 9.17) is 0 Å². The van der Waals surface area contributed by atoms with Crippen LogP contribution in [0, 0.1) is 0 Å². The van der Waals surface area contributed by atoms with Gasteiger partial charge in [-0.3, -0.25) is 4.79 Å². The molecule has 0 bridgehead atoms. The summed E-state index contributed by atoms with van der Waals surface area (Å²) in [6.45, 7) is 4.71. The van der Waals surface area contributed by atoms with Crippen LogP contribution in [0.1, 0.15) is 41.6 Å². The number of benzene rings is 1. The van der Waals surface area contributed by atoms with E-state index in [2.05, 4.69) is 15.2 Å². The molecule has 1 saturated heterocycles. The molecule has 1 aromatic heterocycles. The van der Waals surface area contributed by atoms with Crippen LogP contribution in [0.3, 0.4) is 0 Å². The normalized spacial score (nSPS) is 15.8. The average Bonchev–Trinajstić information content (AvgIpc) is 2.97. The number of likely N-dealkylation sites (tertiary alicyclic amines) is 1. The molecule has 5 heteroatoms. The van der Waals surface area contributed by atoms with Gasteiger partial charge in [0.2, 0.25) is 0 Å². The molecule has 1 aliphatic heterocycles. The average molecular weight is 326 g/mol. The summed E-state index contributed by atoms with van der Waals surface area (Å²) in [4.78, 5) is 18.9. The van der Waals surface area contributed by atoms with Gasteiger partial charge >= 0.3 is 0 Å². The predicted octanol–water partition coefficient (Wildman–Crippen LogP) is 2.54. The van der Waals surface area contributed by atoms with Gasteiger partial charge in [-0.25, -0.2) is 4.98 Å². The molecule has 0 aliphatic carbocycles. The van der Waals surface area contributed by atoms with Crippen molar-refractivity contribution in [1.29, 1.82) is 0 Å². The van der Waals surface area contributed by atoms with E-state index >= 15 is 0 Å². The van der Waals surface area contributed by atoms with Gasteiger partial charge in [-0.2, -0.15) is 0 Å². The minimum Gasteiger partial charge on any atom is -0.351 e. The molecular weight excluding hydrogens is 300 g/mol. The van der Waals surface area contributed by atoms with E-state index < -0.39 is 0 Å². The minimum atomic E-state index is 0.0114. The number of hydrogen-bond acceptors (Lipinski definition) is 3. The second-order valence-corrected chi connectivity index (χ2v) is 6.45. The van der Waals surface area contributed by atoms with Crippen molar-refractivity contribution in [1.82, 2.24) is 19.8 Å². The summed E-state index contributed by atoms with van der Waals surface area (Å²) in [5.74, 6) is 0.0114. The first-order valence-electron chi connectivity index (χ1n) is 8.86. The fraction of sp³-hybridized carbons (Fsp3) is 0.474. The highest BCUT2D eigenvalue weighted by molar-refractivity contribution is 5.94. The number of nitrogens with one attached hydrogen (secondary N) is 1. The molecule has 1 aliphatic rings. The number of hydrogen-bond donors (Lipinski definition) is 1. The Morgan fingerprint density at radius 3 is 2.75 bits per heavy atom. The van der Waals surface area contributed by atoms with E-state index in [0.717, 1.165) is 37.3 Å². The molecule has 2 aromatic rings. The lowest BCUT2D eigenvalue weighted by Gasteiger charge is -2.19. The van der Waals surface area contributed by atoms with Crippen molar-refractivity contribution >= 4 is 5.91 Å². The highest BCUT2D eigenvalue weighted by Gasteiger charge is 2.10. The number of carbonyl (C=O) groups excluding carboxylic acids is 1. The van der Waals surface area contributed by atoms with Crippen molar-refractivity contribution < 1.29 is 4.79 Å². The van der Waals surface area contributed by atoms with Crippen molar-refractivity contribution in [3.05, 3.63) is 54.1 Å². The highest BCUT2D eigenvalue weighted by Crippen LogP contribution is 2.09. The number of amides is 1. The predicted molar refractivity (Wildman–Crippen MR) is 95.0 cm³/mol. The van der Waals surface area contributed by atoms with Gasteiger partial charge in [-0.15, -0.1) is 0 Å². The fourth-order valence-electron chi connectivity index (χ4n) is 3.19. The van der Waals surface area contributed by atoms with Crippen LogP contribution in [-0.2, 0) is 6.54 Å². The van der Waals surface area contributed by atoms with E-state index in [-0.39, 0.29) is 5.91 Å². The summed E-state index contributed by atoms with van der Waals surface area (Å²) in [5, 5.41) is 3.05. The molecular formula is C19H26N4O. The molecule has 0 saturated carbocycles. The monoisotopic (exact) mass is 326 g/mol. The molecule has 5 nitrogen and oxygen atoms in total. The van der Waals surface area contributed by atoms with Crippen LogP contribution in [0.2, 0.25) is 0 Å². The second-order valence-electron chi connectivity index (χ2n) is 6.45. The number of nitrogens with zero attached hydrogens (tertiary/aromatic N) is 3. The lowest BCUT2D eigenvalue weighted by Crippen LogP contribution is -2.35. The molecule has 1 N–H and O–H groups in total. The van der Waals surface area contributed by atoms with Crippen molar-refractivity contribution in [2.24, 2.45) is 0 Å². The van der Waals surface area contributed by atoms with E-state index in [0.29, 0.717) is 6.54 Å². The molecule has 0 radical (unpaired) electrons. The van der Waals surface area contributed by atoms with Crippen LogP contribution in [0.5, 0.6) is 0 Å². The summed E-state index contributed by atoms with van der Waals surface area (Å²) in [6.07, 6.45) is 10.7. The zero-order valence-corrected chi connectivity index (χ0v) is 14.2. The van der Waals surface area contributed by atoms with Gasteiger partial charge in [0.05, 0.1) is 6.33 Å². The van der Waals surface area contributed by atoms with E-state index in [9.17, 15) is 4.79 Å². The van der Waals surface area contributed by atoms with E-state index in [1.165, 1.54) is 25.7 Å². The molecule has 0 unspecified atom stereocenters. The molecule has 2 heterocycles. The fourth-order valence-corrected chi connectivity index (χ4v) is 3.19. The van der Waals surface area contributed by atoms with Crippen molar-refractivity contribution in [3.63, 3.8) is 0 Å². The summed E-state index contributed by atoms with van der Waals surface area (Å²) >= 11 is 0. The largest absolute Gasteiger partial charge is 0.351 e. The van der Waals surface area contributed by atoms with Gasteiger partial charge in [0.15, 0.2) is 0 Å². The Balaban J connectivity index is 1.49. The minimum absolute atomic E-state index is 0.0114. The Morgan fingerprint density at radius 1 is 1.17 bits per heavy atom. The van der Waals surface area contributed by atoms with Gasteiger partial charge < -0.3 is 14.8 Å². The molecule has 1 aromatic carbocycles. The van der Waals surface area contributed by atoms with Gasteiger partial charge in [0.1, 0.15) is 0 Å². The van der Waals surface area contributed by atoms with Crippen molar-refractivity contribution in [3.8, 4) is 0 Å². The van der Waals surface area contributed by atoms with Gasteiger partial charge in [-0.05, 0) is 43.6 Å². The first-order chi connectivity index (χ1) is 11.8. The molecule has 24 heavy (non-hydrogen) atoms. The molecule has 1 fully saturated rings. The number of aromatic nitrogens is 2. The summed E-state index contributed by atoms with van der Waals surface area (Å²) in [7, 11) is 0. The van der Waals surface area contributed by atoms with Crippen LogP contribution >= 0.6 is 0 Å². The van der Waals surface area contributed by atoms with Gasteiger partial charge in [-0.1, -0.05) is 25.0 Å².